The van der Waals surface area contributed by atoms with Gasteiger partial charge in [-0.3, -0.25) is 0 Å². The van der Waals surface area contributed by atoms with Crippen LogP contribution in [0.1, 0.15) is 45.2 Å². The molecule has 1 unspecified atom stereocenters. The van der Waals surface area contributed by atoms with Gasteiger partial charge < -0.3 is 15.2 Å². The fourth-order valence-electron chi connectivity index (χ4n) is 2.83. The maximum atomic E-state index is 9.11. The Morgan fingerprint density at radius 2 is 2.10 bits per heavy atom. The molecule has 3 nitrogen and oxygen atoms in total. The van der Waals surface area contributed by atoms with Gasteiger partial charge in [-0.25, -0.2) is 0 Å². The first-order valence-corrected chi connectivity index (χ1v) is 7.56. The maximum Gasteiger partial charge on any atom is 0.123 e. The molecule has 1 aromatic carbocycles. The Morgan fingerprint density at radius 3 is 2.75 bits per heavy atom. The largest absolute Gasteiger partial charge is 0.487 e. The number of aliphatic hydroxyl groups is 1. The van der Waals surface area contributed by atoms with Crippen molar-refractivity contribution in [1.82, 2.24) is 5.32 Å². The first-order valence-electron chi connectivity index (χ1n) is 7.56. The van der Waals surface area contributed by atoms with E-state index in [-0.39, 0.29) is 12.2 Å². The first kappa shape index (κ1) is 15.3. The van der Waals surface area contributed by atoms with Crippen molar-refractivity contribution >= 4 is 0 Å². The van der Waals surface area contributed by atoms with Gasteiger partial charge in [0.15, 0.2) is 0 Å². The predicted octanol–water partition coefficient (Wildman–Crippen LogP) is 2.90. The lowest BCUT2D eigenvalue weighted by Crippen LogP contribution is -2.34. The number of fused-ring (bicyclic) bond motifs is 1. The van der Waals surface area contributed by atoms with Gasteiger partial charge in [0.05, 0.1) is 0 Å². The fourth-order valence-corrected chi connectivity index (χ4v) is 2.83. The second kappa shape index (κ2) is 6.15. The molecule has 0 aliphatic carbocycles. The zero-order chi connectivity index (χ0) is 14.8. The van der Waals surface area contributed by atoms with Gasteiger partial charge >= 0.3 is 0 Å². The molecule has 0 saturated heterocycles. The van der Waals surface area contributed by atoms with Crippen molar-refractivity contribution in [1.29, 1.82) is 0 Å². The average molecular weight is 277 g/mol. The third-order valence-electron chi connectivity index (χ3n) is 3.94. The average Bonchev–Trinajstić information content (AvgIpc) is 2.67. The van der Waals surface area contributed by atoms with E-state index in [1.807, 2.05) is 0 Å². The van der Waals surface area contributed by atoms with Crippen LogP contribution in [0.25, 0.3) is 0 Å². The van der Waals surface area contributed by atoms with E-state index in [2.05, 4.69) is 51.2 Å². The summed E-state index contributed by atoms with van der Waals surface area (Å²) < 4.78 is 5.90. The van der Waals surface area contributed by atoms with Crippen molar-refractivity contribution in [3.05, 3.63) is 29.3 Å². The number of hydrogen-bond donors (Lipinski definition) is 2. The Hall–Kier alpha value is -1.06. The highest BCUT2D eigenvalue weighted by atomic mass is 16.5. The Balaban J connectivity index is 1.98. The minimum Gasteiger partial charge on any atom is -0.487 e. The van der Waals surface area contributed by atoms with Gasteiger partial charge in [-0.2, -0.15) is 0 Å². The van der Waals surface area contributed by atoms with Gasteiger partial charge in [-0.1, -0.05) is 26.0 Å². The zero-order valence-electron chi connectivity index (χ0n) is 13.1. The molecule has 1 aromatic rings. The Bertz CT molecular complexity index is 454. The van der Waals surface area contributed by atoms with Gasteiger partial charge in [-0.05, 0) is 43.4 Å². The van der Waals surface area contributed by atoms with Crippen LogP contribution in [0.3, 0.4) is 0 Å². The molecule has 20 heavy (non-hydrogen) atoms. The Labute approximate surface area is 122 Å². The van der Waals surface area contributed by atoms with Crippen molar-refractivity contribution < 1.29 is 9.84 Å². The van der Waals surface area contributed by atoms with Crippen molar-refractivity contribution in [3.8, 4) is 5.75 Å². The summed E-state index contributed by atoms with van der Waals surface area (Å²) in [4.78, 5) is 0. The highest BCUT2D eigenvalue weighted by molar-refractivity contribution is 5.41. The monoisotopic (exact) mass is 277 g/mol. The second-order valence-corrected chi connectivity index (χ2v) is 6.72. The molecule has 0 amide bonds. The lowest BCUT2D eigenvalue weighted by molar-refractivity contribution is 0.138. The molecule has 1 aliphatic heterocycles. The van der Waals surface area contributed by atoms with Crippen LogP contribution >= 0.6 is 0 Å². The number of aliphatic hydroxyl groups excluding tert-OH is 1. The summed E-state index contributed by atoms with van der Waals surface area (Å²) in [6, 6.07) is 6.81. The van der Waals surface area contributed by atoms with Crippen molar-refractivity contribution in [2.75, 3.05) is 6.61 Å². The van der Waals surface area contributed by atoms with Crippen molar-refractivity contribution in [2.45, 2.75) is 58.7 Å². The number of benzene rings is 1. The van der Waals surface area contributed by atoms with E-state index in [0.717, 1.165) is 25.1 Å². The summed E-state index contributed by atoms with van der Waals surface area (Å²) in [7, 11) is 0. The van der Waals surface area contributed by atoms with E-state index in [0.29, 0.717) is 12.0 Å². The summed E-state index contributed by atoms with van der Waals surface area (Å²) in [5.74, 6) is 1.55. The van der Waals surface area contributed by atoms with Gasteiger partial charge in [0.25, 0.3) is 0 Å². The number of ether oxygens (including phenoxy) is 1. The van der Waals surface area contributed by atoms with E-state index in [9.17, 15) is 0 Å². The Kier molecular flexibility index (Phi) is 4.71. The summed E-state index contributed by atoms with van der Waals surface area (Å²) in [5.41, 5.74) is 2.51. The van der Waals surface area contributed by atoms with E-state index >= 15 is 0 Å². The number of nitrogens with one attached hydrogen (secondary N) is 1. The van der Waals surface area contributed by atoms with Crippen LogP contribution in [0.2, 0.25) is 0 Å². The third-order valence-corrected chi connectivity index (χ3v) is 3.94. The maximum absolute atomic E-state index is 9.11. The summed E-state index contributed by atoms with van der Waals surface area (Å²) in [5, 5.41) is 12.7. The zero-order valence-corrected chi connectivity index (χ0v) is 13.1. The van der Waals surface area contributed by atoms with Gasteiger partial charge in [-0.15, -0.1) is 0 Å². The molecule has 0 radical (unpaired) electrons. The van der Waals surface area contributed by atoms with Crippen LogP contribution in [0, 0.1) is 5.92 Å². The lowest BCUT2D eigenvalue weighted by atomic mass is 9.99. The van der Waals surface area contributed by atoms with E-state index in [1.54, 1.807) is 0 Å². The highest BCUT2D eigenvalue weighted by Crippen LogP contribution is 2.35. The highest BCUT2D eigenvalue weighted by Gasteiger charge is 2.29. The Morgan fingerprint density at radius 1 is 1.35 bits per heavy atom. The first-order chi connectivity index (χ1) is 9.41. The second-order valence-electron chi connectivity index (χ2n) is 6.72. The molecule has 0 saturated carbocycles. The normalized spacial score (nSPS) is 17.9. The molecule has 112 valence electrons. The SMILES string of the molecule is CC(C)C(CCO)NCc1ccc2c(c1)CC(C)(C)O2. The van der Waals surface area contributed by atoms with Gasteiger partial charge in [0, 0.05) is 25.6 Å². The molecule has 2 rings (SSSR count). The summed E-state index contributed by atoms with van der Waals surface area (Å²) in [6.45, 7) is 9.71. The van der Waals surface area contributed by atoms with E-state index in [4.69, 9.17) is 9.84 Å². The molecular formula is C17H27NO2. The van der Waals surface area contributed by atoms with Crippen LogP contribution in [-0.4, -0.2) is 23.4 Å². The molecule has 0 spiro atoms. The predicted molar refractivity (Wildman–Crippen MR) is 82.0 cm³/mol. The van der Waals surface area contributed by atoms with Gasteiger partial charge in [0.1, 0.15) is 11.4 Å². The number of rotatable bonds is 6. The van der Waals surface area contributed by atoms with E-state index < -0.39 is 0 Å². The lowest BCUT2D eigenvalue weighted by Gasteiger charge is -2.21. The molecule has 1 heterocycles. The minimum absolute atomic E-state index is 0.0776. The van der Waals surface area contributed by atoms with Crippen molar-refractivity contribution in [3.63, 3.8) is 0 Å². The fraction of sp³-hybridized carbons (Fsp3) is 0.647. The molecule has 0 aromatic heterocycles. The van der Waals surface area contributed by atoms with Crippen LogP contribution in [0.4, 0.5) is 0 Å². The minimum atomic E-state index is -0.0776. The molecule has 1 atom stereocenters. The quantitative estimate of drug-likeness (QED) is 0.840. The standard InChI is InChI=1S/C17H27NO2/c1-12(2)15(7-8-19)18-11-13-5-6-16-14(9-13)10-17(3,4)20-16/h5-6,9,12,15,18-19H,7-8,10-11H2,1-4H3. The molecule has 1 aliphatic rings. The molecule has 0 fully saturated rings. The molecular weight excluding hydrogens is 250 g/mol. The number of hydrogen-bond acceptors (Lipinski definition) is 3. The third kappa shape index (κ3) is 3.74. The summed E-state index contributed by atoms with van der Waals surface area (Å²) in [6.07, 6.45) is 1.78. The summed E-state index contributed by atoms with van der Waals surface area (Å²) >= 11 is 0. The smallest absolute Gasteiger partial charge is 0.123 e. The van der Waals surface area contributed by atoms with Crippen molar-refractivity contribution in [2.24, 2.45) is 5.92 Å². The molecule has 3 heteroatoms. The molecule has 2 N–H and O–H groups in total. The van der Waals surface area contributed by atoms with Crippen LogP contribution in [0.5, 0.6) is 5.75 Å². The topological polar surface area (TPSA) is 41.5 Å². The molecule has 0 bridgehead atoms. The van der Waals surface area contributed by atoms with E-state index in [1.165, 1.54) is 11.1 Å². The van der Waals surface area contributed by atoms with Crippen LogP contribution in [-0.2, 0) is 13.0 Å². The van der Waals surface area contributed by atoms with Crippen LogP contribution < -0.4 is 10.1 Å². The van der Waals surface area contributed by atoms with Gasteiger partial charge in [0.2, 0.25) is 0 Å². The van der Waals surface area contributed by atoms with Crippen LogP contribution in [0.15, 0.2) is 18.2 Å².